The molecular formula is C10H16N2O7PS+. The first-order valence-electron chi connectivity index (χ1n) is 6.12. The Morgan fingerprint density at radius 2 is 2.19 bits per heavy atom. The summed E-state index contributed by atoms with van der Waals surface area (Å²) < 4.78 is 11.5. The van der Waals surface area contributed by atoms with Gasteiger partial charge in [0.25, 0.3) is 0 Å². The summed E-state index contributed by atoms with van der Waals surface area (Å²) in [5.41, 5.74) is -0.0593. The van der Waals surface area contributed by atoms with Crippen molar-refractivity contribution in [1.82, 2.24) is 9.55 Å². The third kappa shape index (κ3) is 4.38. The van der Waals surface area contributed by atoms with Crippen LogP contribution in [0.25, 0.3) is 0 Å². The molecule has 2 rings (SSSR count). The van der Waals surface area contributed by atoms with E-state index in [1.165, 1.54) is 10.8 Å². The molecule has 1 aromatic rings. The molecule has 1 aliphatic rings. The van der Waals surface area contributed by atoms with Gasteiger partial charge in [-0.15, -0.1) is 0 Å². The number of aromatic nitrogens is 2. The lowest BCUT2D eigenvalue weighted by atomic mass is 10.2. The normalized spacial score (nSPS) is 22.7. The Balaban J connectivity index is 2.08. The highest BCUT2D eigenvalue weighted by atomic mass is 32.1. The van der Waals surface area contributed by atoms with Gasteiger partial charge in [-0.1, -0.05) is 12.2 Å². The van der Waals surface area contributed by atoms with Crippen LogP contribution in [0, 0.1) is 4.64 Å². The van der Waals surface area contributed by atoms with Crippen molar-refractivity contribution in [2.75, 3.05) is 6.61 Å². The zero-order valence-corrected chi connectivity index (χ0v) is 12.6. The summed E-state index contributed by atoms with van der Waals surface area (Å²) >= 11 is 4.91. The van der Waals surface area contributed by atoms with Crippen molar-refractivity contribution in [1.29, 1.82) is 0 Å². The highest BCUT2D eigenvalue weighted by Crippen LogP contribution is 2.46. The van der Waals surface area contributed by atoms with Gasteiger partial charge in [0, 0.05) is 11.8 Å². The summed E-state index contributed by atoms with van der Waals surface area (Å²) in [6, 6.07) is 0. The van der Waals surface area contributed by atoms with Crippen LogP contribution in [-0.2, 0) is 15.9 Å². The zero-order valence-electron chi connectivity index (χ0n) is 10.9. The molecule has 1 fully saturated rings. The average molecular weight is 339 g/mol. The van der Waals surface area contributed by atoms with Gasteiger partial charge in [0.05, 0.1) is 12.7 Å². The molecule has 1 aromatic heterocycles. The van der Waals surface area contributed by atoms with Crippen LogP contribution in [0.5, 0.6) is 0 Å². The Bertz CT molecular complexity index is 611. The summed E-state index contributed by atoms with van der Waals surface area (Å²) in [5.74, 6) is 0. The third-order valence-electron chi connectivity index (χ3n) is 3.04. The number of nitrogens with one attached hydrogen (secondary N) is 1. The average Bonchev–Trinajstić information content (AvgIpc) is 2.84. The van der Waals surface area contributed by atoms with E-state index in [0.29, 0.717) is 18.4 Å². The van der Waals surface area contributed by atoms with E-state index in [4.69, 9.17) is 36.7 Å². The molecule has 5 N–H and O–H groups in total. The lowest BCUT2D eigenvalue weighted by Crippen LogP contribution is -2.28. The van der Waals surface area contributed by atoms with Gasteiger partial charge in [0.15, 0.2) is 0 Å². The van der Waals surface area contributed by atoms with Crippen molar-refractivity contribution < 1.29 is 29.0 Å². The molecule has 0 saturated carbocycles. The molecule has 9 nitrogen and oxygen atoms in total. The molecule has 1 saturated heterocycles. The first kappa shape index (κ1) is 16.7. The standard InChI is InChI=1S/C10H15N2O7PS/c13-4-6-3-12(10(14)11-9(6)21)8-2-1-7(19-8)5-18-20(15,16)17/h3,7-8,13,15-17H,1-2,4-5H2/p+1. The van der Waals surface area contributed by atoms with Crippen LogP contribution in [0.3, 0.4) is 0 Å². The van der Waals surface area contributed by atoms with E-state index in [1.54, 1.807) is 0 Å². The fourth-order valence-electron chi connectivity index (χ4n) is 2.05. The highest BCUT2D eigenvalue weighted by Gasteiger charge is 2.37. The van der Waals surface area contributed by atoms with Crippen LogP contribution in [0.15, 0.2) is 11.0 Å². The van der Waals surface area contributed by atoms with E-state index in [9.17, 15) is 4.79 Å². The number of aliphatic hydroxyl groups is 1. The van der Waals surface area contributed by atoms with Crippen molar-refractivity contribution in [3.63, 3.8) is 0 Å². The van der Waals surface area contributed by atoms with Crippen LogP contribution >= 0.6 is 20.4 Å². The Morgan fingerprint density at radius 1 is 1.48 bits per heavy atom. The number of nitrogens with zero attached hydrogens (tertiary/aromatic N) is 1. The van der Waals surface area contributed by atoms with Gasteiger partial charge < -0.3 is 9.84 Å². The minimum Gasteiger partial charge on any atom is -0.392 e. The molecule has 0 radical (unpaired) electrons. The predicted octanol–water partition coefficient (Wildman–Crippen LogP) is -0.253. The second-order valence-electron chi connectivity index (χ2n) is 4.58. The maximum atomic E-state index is 11.9. The molecule has 11 heteroatoms. The molecule has 0 bridgehead atoms. The summed E-state index contributed by atoms with van der Waals surface area (Å²) in [4.78, 5) is 40.5. The lowest BCUT2D eigenvalue weighted by Gasteiger charge is -2.16. The molecule has 2 unspecified atom stereocenters. The van der Waals surface area contributed by atoms with Gasteiger partial charge in [-0.25, -0.2) is 4.79 Å². The number of hydrogen-bond donors (Lipinski definition) is 5. The van der Waals surface area contributed by atoms with Gasteiger partial charge in [0.2, 0.25) is 0 Å². The number of hydrogen-bond acceptors (Lipinski definition) is 8. The Hall–Kier alpha value is -0.710. The number of aliphatic hydroxyl groups excluding tert-OH is 1. The summed E-state index contributed by atoms with van der Waals surface area (Å²) in [6.07, 6.45) is 1.38. The molecule has 0 aliphatic carbocycles. The van der Waals surface area contributed by atoms with E-state index < -0.39 is 26.2 Å². The minimum atomic E-state index is -4.29. The number of H-pyrrole nitrogens is 1. The molecule has 2 atom stereocenters. The zero-order chi connectivity index (χ0) is 15.6. The molecule has 0 spiro atoms. The summed E-state index contributed by atoms with van der Waals surface area (Å²) in [5, 5.41) is 9.16. The van der Waals surface area contributed by atoms with Gasteiger partial charge in [0.1, 0.15) is 17.5 Å². The molecule has 118 valence electrons. The molecule has 21 heavy (non-hydrogen) atoms. The summed E-state index contributed by atoms with van der Waals surface area (Å²) in [6.45, 7) is -0.500. The minimum absolute atomic E-state index is 0.173. The van der Waals surface area contributed by atoms with Crippen LogP contribution in [0.2, 0.25) is 0 Å². The maximum absolute atomic E-state index is 11.9. The number of aromatic amines is 1. The molecule has 0 amide bonds. The van der Waals surface area contributed by atoms with E-state index in [0.717, 1.165) is 0 Å². The fraction of sp³-hybridized carbons (Fsp3) is 0.600. The van der Waals surface area contributed by atoms with E-state index in [-0.39, 0.29) is 17.9 Å². The molecule has 1 aliphatic heterocycles. The van der Waals surface area contributed by atoms with Gasteiger partial charge in [-0.3, -0.25) is 9.55 Å². The predicted molar refractivity (Wildman–Crippen MR) is 74.5 cm³/mol. The third-order valence-corrected chi connectivity index (χ3v) is 3.90. The van der Waals surface area contributed by atoms with Gasteiger partial charge in [-0.05, 0) is 12.8 Å². The maximum Gasteiger partial charge on any atom is 0.567 e. The van der Waals surface area contributed by atoms with Gasteiger partial charge in [-0.2, -0.15) is 19.2 Å². The second kappa shape index (κ2) is 6.59. The first-order chi connectivity index (χ1) is 9.80. The van der Waals surface area contributed by atoms with Crippen molar-refractivity contribution in [3.05, 3.63) is 26.9 Å². The van der Waals surface area contributed by atoms with Crippen molar-refractivity contribution >= 4 is 20.4 Å². The molecule has 0 aromatic carbocycles. The van der Waals surface area contributed by atoms with Crippen LogP contribution in [-0.4, -0.2) is 42.0 Å². The van der Waals surface area contributed by atoms with Crippen molar-refractivity contribution in [3.8, 4) is 0 Å². The van der Waals surface area contributed by atoms with E-state index in [2.05, 4.69) is 9.51 Å². The fourth-order valence-corrected chi connectivity index (χ4v) is 2.62. The van der Waals surface area contributed by atoms with Crippen LogP contribution in [0.4, 0.5) is 0 Å². The SMILES string of the molecule is O=c1[nH]c(=S)c(CO)cn1C1CCC(CO[P+](O)(O)O)O1. The second-order valence-corrected chi connectivity index (χ2v) is 6.27. The van der Waals surface area contributed by atoms with E-state index in [1.807, 2.05) is 0 Å². The van der Waals surface area contributed by atoms with E-state index >= 15 is 0 Å². The molecule has 2 heterocycles. The lowest BCUT2D eigenvalue weighted by molar-refractivity contribution is -0.0273. The first-order valence-corrected chi connectivity index (χ1v) is 8.10. The Labute approximate surface area is 125 Å². The van der Waals surface area contributed by atoms with Crippen LogP contribution < -0.4 is 5.69 Å². The number of ether oxygens (including phenoxy) is 1. The van der Waals surface area contributed by atoms with Crippen molar-refractivity contribution in [2.24, 2.45) is 0 Å². The Morgan fingerprint density at radius 3 is 2.81 bits per heavy atom. The number of rotatable bonds is 5. The quantitative estimate of drug-likeness (QED) is 0.366. The topological polar surface area (TPSA) is 137 Å². The monoisotopic (exact) mass is 339 g/mol. The highest BCUT2D eigenvalue weighted by molar-refractivity contribution is 7.71. The van der Waals surface area contributed by atoms with Crippen molar-refractivity contribution in [2.45, 2.75) is 31.8 Å². The van der Waals surface area contributed by atoms with Gasteiger partial charge >= 0.3 is 13.9 Å². The molecular weight excluding hydrogens is 323 g/mol. The Kier molecular flexibility index (Phi) is 5.23. The van der Waals surface area contributed by atoms with Crippen LogP contribution in [0.1, 0.15) is 24.6 Å². The largest absolute Gasteiger partial charge is 0.567 e. The summed E-state index contributed by atoms with van der Waals surface area (Å²) in [7, 11) is -4.29. The smallest absolute Gasteiger partial charge is 0.392 e.